The molecule has 0 bridgehead atoms. The Hall–Kier alpha value is -1.34. The van der Waals surface area contributed by atoms with Gasteiger partial charge in [0, 0.05) is 17.8 Å². The smallest absolute Gasteiger partial charge is 0.319 e. The zero-order valence-electron chi connectivity index (χ0n) is 15.2. The van der Waals surface area contributed by atoms with Crippen molar-refractivity contribution in [1.29, 1.82) is 0 Å². The lowest BCUT2D eigenvalue weighted by atomic mass is 9.97. The van der Waals surface area contributed by atoms with Crippen molar-refractivity contribution in [3.05, 3.63) is 20.8 Å². The number of carbonyl (C=O) groups is 1. The Labute approximate surface area is 161 Å². The standard InChI is InChI=1S/C19H24N2O3S2/c1-11(2)7-9-21-17(22)15-12-5-3-4-6-13(12)25-16(15)20-19(21)26-14-8-10-24-18(14)23/h11,14H,3-10H2,1-2H3/t14-/m0/s1. The Morgan fingerprint density at radius 3 is 2.85 bits per heavy atom. The van der Waals surface area contributed by atoms with Crippen LogP contribution in [0.1, 0.15) is 50.0 Å². The van der Waals surface area contributed by atoms with E-state index in [0.717, 1.165) is 35.9 Å². The van der Waals surface area contributed by atoms with Crippen LogP contribution in [-0.2, 0) is 28.9 Å². The molecule has 1 aliphatic heterocycles. The van der Waals surface area contributed by atoms with Crippen LogP contribution in [0, 0.1) is 5.92 Å². The van der Waals surface area contributed by atoms with E-state index in [2.05, 4.69) is 13.8 Å². The molecule has 1 fully saturated rings. The van der Waals surface area contributed by atoms with Crippen molar-refractivity contribution in [1.82, 2.24) is 9.55 Å². The lowest BCUT2D eigenvalue weighted by molar-refractivity contribution is -0.137. The SMILES string of the molecule is CC(C)CCn1c(S[C@H]2CCOC2=O)nc2sc3c(c2c1=O)CCCC3. The quantitative estimate of drug-likeness (QED) is 0.572. The third kappa shape index (κ3) is 3.31. The number of cyclic esters (lactones) is 1. The summed E-state index contributed by atoms with van der Waals surface area (Å²) in [5, 5.41) is 1.25. The van der Waals surface area contributed by atoms with Crippen molar-refractivity contribution < 1.29 is 9.53 Å². The molecule has 3 heterocycles. The number of nitrogens with zero attached hydrogens (tertiary/aromatic N) is 2. The Bertz CT molecular complexity index is 900. The molecule has 0 unspecified atom stereocenters. The second kappa shape index (κ2) is 7.35. The van der Waals surface area contributed by atoms with Crippen LogP contribution in [0.25, 0.3) is 10.2 Å². The number of hydrogen-bond donors (Lipinski definition) is 0. The molecule has 4 rings (SSSR count). The van der Waals surface area contributed by atoms with Crippen molar-refractivity contribution in [3.63, 3.8) is 0 Å². The van der Waals surface area contributed by atoms with Gasteiger partial charge in [0.15, 0.2) is 5.16 Å². The maximum atomic E-state index is 13.4. The second-order valence-corrected chi connectivity index (χ2v) is 9.74. The van der Waals surface area contributed by atoms with E-state index >= 15 is 0 Å². The molecule has 7 heteroatoms. The van der Waals surface area contributed by atoms with Crippen molar-refractivity contribution >= 4 is 39.3 Å². The first-order chi connectivity index (χ1) is 12.5. The molecule has 1 atom stereocenters. The van der Waals surface area contributed by atoms with E-state index in [1.54, 1.807) is 15.9 Å². The van der Waals surface area contributed by atoms with Gasteiger partial charge < -0.3 is 4.74 Å². The highest BCUT2D eigenvalue weighted by atomic mass is 32.2. The van der Waals surface area contributed by atoms with E-state index in [9.17, 15) is 9.59 Å². The van der Waals surface area contributed by atoms with Gasteiger partial charge in [0.1, 0.15) is 10.1 Å². The zero-order valence-corrected chi connectivity index (χ0v) is 16.9. The first-order valence-electron chi connectivity index (χ1n) is 9.43. The molecule has 0 N–H and O–H groups in total. The first kappa shape index (κ1) is 18.0. The molecule has 2 aromatic rings. The average molecular weight is 393 g/mol. The average Bonchev–Trinajstić information content (AvgIpc) is 3.17. The number of thiophene rings is 1. The van der Waals surface area contributed by atoms with Gasteiger partial charge in [0.25, 0.3) is 5.56 Å². The maximum absolute atomic E-state index is 13.4. The fourth-order valence-electron chi connectivity index (χ4n) is 3.61. The van der Waals surface area contributed by atoms with Gasteiger partial charge in [-0.2, -0.15) is 0 Å². The number of ether oxygens (including phenoxy) is 1. The highest BCUT2D eigenvalue weighted by Crippen LogP contribution is 2.36. The monoisotopic (exact) mass is 392 g/mol. The summed E-state index contributed by atoms with van der Waals surface area (Å²) in [6.07, 6.45) is 5.98. The van der Waals surface area contributed by atoms with Gasteiger partial charge >= 0.3 is 5.97 Å². The van der Waals surface area contributed by atoms with Gasteiger partial charge in [-0.25, -0.2) is 4.98 Å². The van der Waals surface area contributed by atoms with Gasteiger partial charge in [0.2, 0.25) is 0 Å². The van der Waals surface area contributed by atoms with Crippen molar-refractivity contribution in [3.8, 4) is 0 Å². The molecule has 0 amide bonds. The Kier molecular flexibility index (Phi) is 5.10. The van der Waals surface area contributed by atoms with E-state index in [1.165, 1.54) is 28.6 Å². The second-order valence-electron chi connectivity index (χ2n) is 7.49. The van der Waals surface area contributed by atoms with Gasteiger partial charge in [-0.15, -0.1) is 11.3 Å². The van der Waals surface area contributed by atoms with Crippen LogP contribution in [0.3, 0.4) is 0 Å². The molecule has 0 saturated carbocycles. The highest BCUT2D eigenvalue weighted by molar-refractivity contribution is 8.00. The molecule has 140 valence electrons. The summed E-state index contributed by atoms with van der Waals surface area (Å²) >= 11 is 3.06. The van der Waals surface area contributed by atoms with Crippen LogP contribution in [-0.4, -0.2) is 27.4 Å². The topological polar surface area (TPSA) is 61.2 Å². The normalized spacial score (nSPS) is 20.0. The summed E-state index contributed by atoms with van der Waals surface area (Å²) in [6, 6.07) is 0. The zero-order chi connectivity index (χ0) is 18.3. The number of thioether (sulfide) groups is 1. The third-order valence-corrected chi connectivity index (χ3v) is 7.53. The van der Waals surface area contributed by atoms with E-state index in [-0.39, 0.29) is 16.8 Å². The highest BCUT2D eigenvalue weighted by Gasteiger charge is 2.30. The summed E-state index contributed by atoms with van der Waals surface area (Å²) < 4.78 is 6.89. The summed E-state index contributed by atoms with van der Waals surface area (Å²) in [5.41, 5.74) is 1.30. The number of esters is 1. The van der Waals surface area contributed by atoms with E-state index < -0.39 is 0 Å². The Morgan fingerprint density at radius 1 is 1.31 bits per heavy atom. The molecule has 26 heavy (non-hydrogen) atoms. The number of fused-ring (bicyclic) bond motifs is 3. The minimum atomic E-state index is -0.251. The van der Waals surface area contributed by atoms with Crippen molar-refractivity contribution in [2.45, 2.75) is 69.3 Å². The number of carbonyl (C=O) groups excluding carboxylic acids is 1. The predicted octanol–water partition coefficient (Wildman–Crippen LogP) is 3.79. The molecule has 1 aliphatic carbocycles. The van der Waals surface area contributed by atoms with Gasteiger partial charge in [-0.05, 0) is 43.6 Å². The van der Waals surface area contributed by atoms with Crippen LogP contribution >= 0.6 is 23.1 Å². The molecular formula is C19H24N2O3S2. The Morgan fingerprint density at radius 2 is 2.12 bits per heavy atom. The summed E-state index contributed by atoms with van der Waals surface area (Å²) in [4.78, 5) is 32.3. The third-order valence-electron chi connectivity index (χ3n) is 5.10. The summed E-state index contributed by atoms with van der Waals surface area (Å²) in [7, 11) is 0. The minimum absolute atomic E-state index is 0.0731. The fourth-order valence-corrected chi connectivity index (χ4v) is 5.99. The Balaban J connectivity index is 1.81. The molecule has 1 saturated heterocycles. The molecule has 2 aliphatic rings. The van der Waals surface area contributed by atoms with Crippen LogP contribution in [0.15, 0.2) is 9.95 Å². The summed E-state index contributed by atoms with van der Waals surface area (Å²) in [6.45, 7) is 5.42. The van der Waals surface area contributed by atoms with Crippen LogP contribution in [0.5, 0.6) is 0 Å². The lowest BCUT2D eigenvalue weighted by Crippen LogP contribution is -2.25. The number of hydrogen-bond acceptors (Lipinski definition) is 6. The number of aryl methyl sites for hydroxylation is 2. The van der Waals surface area contributed by atoms with Crippen molar-refractivity contribution in [2.75, 3.05) is 6.61 Å². The van der Waals surface area contributed by atoms with Gasteiger partial charge in [-0.3, -0.25) is 14.2 Å². The first-order valence-corrected chi connectivity index (χ1v) is 11.1. The predicted molar refractivity (Wildman–Crippen MR) is 105 cm³/mol. The lowest BCUT2D eigenvalue weighted by Gasteiger charge is -2.15. The van der Waals surface area contributed by atoms with Crippen LogP contribution in [0.2, 0.25) is 0 Å². The summed E-state index contributed by atoms with van der Waals surface area (Å²) in [5.74, 6) is 0.313. The van der Waals surface area contributed by atoms with E-state index in [0.29, 0.717) is 30.6 Å². The van der Waals surface area contributed by atoms with Crippen LogP contribution < -0.4 is 5.56 Å². The molecule has 0 aromatic carbocycles. The molecular weight excluding hydrogens is 368 g/mol. The largest absolute Gasteiger partial charge is 0.465 e. The molecule has 0 radical (unpaired) electrons. The number of rotatable bonds is 5. The molecule has 5 nitrogen and oxygen atoms in total. The van der Waals surface area contributed by atoms with Gasteiger partial charge in [-0.1, -0.05) is 25.6 Å². The number of aromatic nitrogens is 2. The molecule has 2 aromatic heterocycles. The minimum Gasteiger partial charge on any atom is -0.465 e. The van der Waals surface area contributed by atoms with Gasteiger partial charge in [0.05, 0.1) is 12.0 Å². The van der Waals surface area contributed by atoms with Crippen molar-refractivity contribution in [2.24, 2.45) is 5.92 Å². The fraction of sp³-hybridized carbons (Fsp3) is 0.632. The van der Waals surface area contributed by atoms with E-state index in [1.807, 2.05) is 0 Å². The van der Waals surface area contributed by atoms with E-state index in [4.69, 9.17) is 9.72 Å². The molecule has 0 spiro atoms. The maximum Gasteiger partial charge on any atom is 0.319 e. The van der Waals surface area contributed by atoms with Crippen LogP contribution in [0.4, 0.5) is 0 Å².